The van der Waals surface area contributed by atoms with Crippen LogP contribution in [0.2, 0.25) is 0 Å². The Morgan fingerprint density at radius 2 is 1.67 bits per heavy atom. The number of rotatable bonds is 2. The normalized spacial score (nSPS) is 35.6. The highest BCUT2D eigenvalue weighted by molar-refractivity contribution is 4.73. The van der Waals surface area contributed by atoms with E-state index in [0.717, 1.165) is 25.7 Å². The molecule has 0 unspecified atom stereocenters. The van der Waals surface area contributed by atoms with Crippen molar-refractivity contribution in [2.45, 2.75) is 33.0 Å². The molecule has 2 saturated heterocycles. The lowest BCUT2D eigenvalue weighted by molar-refractivity contribution is -0.193. The molecule has 3 nitrogen and oxygen atoms in total. The van der Waals surface area contributed by atoms with Crippen LogP contribution < -0.4 is 0 Å². The van der Waals surface area contributed by atoms with Crippen LogP contribution >= 0.6 is 0 Å². The van der Waals surface area contributed by atoms with Crippen LogP contribution in [0.25, 0.3) is 0 Å². The SMILES string of the molecule is CC1CCN(CC2COC(C)OC2)CC1. The summed E-state index contributed by atoms with van der Waals surface area (Å²) in [5, 5.41) is 0. The van der Waals surface area contributed by atoms with E-state index in [1.54, 1.807) is 0 Å². The molecule has 0 N–H and O–H groups in total. The lowest BCUT2D eigenvalue weighted by Gasteiger charge is -2.35. The molecule has 2 rings (SSSR count). The smallest absolute Gasteiger partial charge is 0.154 e. The number of ether oxygens (including phenoxy) is 2. The fourth-order valence-corrected chi connectivity index (χ4v) is 2.35. The standard InChI is InChI=1S/C12H23NO2/c1-10-3-5-13(6-4-10)7-12-8-14-11(2)15-9-12/h10-12H,3-9H2,1-2H3. The minimum atomic E-state index is 0.00243. The third kappa shape index (κ3) is 3.44. The second-order valence-electron chi connectivity index (χ2n) is 5.08. The Kier molecular flexibility index (Phi) is 4.00. The fourth-order valence-electron chi connectivity index (χ4n) is 2.35. The third-order valence-corrected chi connectivity index (χ3v) is 3.53. The summed E-state index contributed by atoms with van der Waals surface area (Å²) in [7, 11) is 0. The molecule has 2 heterocycles. The van der Waals surface area contributed by atoms with Crippen molar-refractivity contribution >= 4 is 0 Å². The van der Waals surface area contributed by atoms with E-state index in [-0.39, 0.29) is 6.29 Å². The van der Waals surface area contributed by atoms with E-state index in [2.05, 4.69) is 11.8 Å². The van der Waals surface area contributed by atoms with E-state index in [9.17, 15) is 0 Å². The van der Waals surface area contributed by atoms with E-state index in [1.807, 2.05) is 6.92 Å². The van der Waals surface area contributed by atoms with Crippen molar-refractivity contribution in [1.82, 2.24) is 4.90 Å². The van der Waals surface area contributed by atoms with Crippen LogP contribution in [0, 0.1) is 11.8 Å². The Labute approximate surface area is 92.7 Å². The van der Waals surface area contributed by atoms with Gasteiger partial charge in [-0.25, -0.2) is 0 Å². The lowest BCUT2D eigenvalue weighted by atomic mass is 9.98. The summed E-state index contributed by atoms with van der Waals surface area (Å²) in [4.78, 5) is 2.56. The van der Waals surface area contributed by atoms with Gasteiger partial charge in [0.15, 0.2) is 6.29 Å². The minimum absolute atomic E-state index is 0.00243. The van der Waals surface area contributed by atoms with Crippen LogP contribution in [-0.4, -0.2) is 44.0 Å². The predicted octanol–water partition coefficient (Wildman–Crippen LogP) is 1.73. The Morgan fingerprint density at radius 1 is 1.07 bits per heavy atom. The Hall–Kier alpha value is -0.120. The molecule has 0 spiro atoms. The lowest BCUT2D eigenvalue weighted by Crippen LogP contribution is -2.41. The molecule has 88 valence electrons. The maximum atomic E-state index is 5.50. The molecule has 0 aromatic carbocycles. The molecule has 0 atom stereocenters. The second kappa shape index (κ2) is 5.28. The van der Waals surface area contributed by atoms with Gasteiger partial charge in [-0.05, 0) is 38.8 Å². The van der Waals surface area contributed by atoms with E-state index in [1.165, 1.54) is 25.9 Å². The number of likely N-dealkylation sites (tertiary alicyclic amines) is 1. The van der Waals surface area contributed by atoms with Crippen molar-refractivity contribution in [3.05, 3.63) is 0 Å². The molecule has 2 aliphatic rings. The second-order valence-corrected chi connectivity index (χ2v) is 5.08. The van der Waals surface area contributed by atoms with Crippen molar-refractivity contribution in [1.29, 1.82) is 0 Å². The number of nitrogens with zero attached hydrogens (tertiary/aromatic N) is 1. The van der Waals surface area contributed by atoms with Crippen LogP contribution in [0.4, 0.5) is 0 Å². The molecular formula is C12H23NO2. The summed E-state index contributed by atoms with van der Waals surface area (Å²) in [6.07, 6.45) is 2.71. The molecule has 2 aliphatic heterocycles. The zero-order chi connectivity index (χ0) is 10.7. The van der Waals surface area contributed by atoms with Crippen LogP contribution in [0.3, 0.4) is 0 Å². The van der Waals surface area contributed by atoms with Gasteiger partial charge >= 0.3 is 0 Å². The average molecular weight is 213 g/mol. The summed E-state index contributed by atoms with van der Waals surface area (Å²) >= 11 is 0. The molecule has 15 heavy (non-hydrogen) atoms. The number of hydrogen-bond acceptors (Lipinski definition) is 3. The molecule has 3 heteroatoms. The Morgan fingerprint density at radius 3 is 2.27 bits per heavy atom. The first-order chi connectivity index (χ1) is 7.24. The zero-order valence-corrected chi connectivity index (χ0v) is 9.95. The van der Waals surface area contributed by atoms with Gasteiger partial charge in [0, 0.05) is 12.5 Å². The third-order valence-electron chi connectivity index (χ3n) is 3.53. The molecule has 0 saturated carbocycles. The highest BCUT2D eigenvalue weighted by Gasteiger charge is 2.23. The van der Waals surface area contributed by atoms with E-state index >= 15 is 0 Å². The maximum Gasteiger partial charge on any atom is 0.154 e. The van der Waals surface area contributed by atoms with Crippen LogP contribution in [0.1, 0.15) is 26.7 Å². The van der Waals surface area contributed by atoms with Gasteiger partial charge in [0.05, 0.1) is 13.2 Å². The van der Waals surface area contributed by atoms with E-state index in [4.69, 9.17) is 9.47 Å². The van der Waals surface area contributed by atoms with E-state index in [0.29, 0.717) is 5.92 Å². The highest BCUT2D eigenvalue weighted by Crippen LogP contribution is 2.19. The first-order valence-corrected chi connectivity index (χ1v) is 6.19. The Bertz CT molecular complexity index is 162. The monoisotopic (exact) mass is 213 g/mol. The van der Waals surface area contributed by atoms with Crippen LogP contribution in [0.5, 0.6) is 0 Å². The molecule has 0 aliphatic carbocycles. The molecule has 2 fully saturated rings. The summed E-state index contributed by atoms with van der Waals surface area (Å²) in [5.74, 6) is 1.50. The summed E-state index contributed by atoms with van der Waals surface area (Å²) in [6.45, 7) is 9.73. The molecule has 0 radical (unpaired) electrons. The van der Waals surface area contributed by atoms with Gasteiger partial charge in [-0.3, -0.25) is 0 Å². The van der Waals surface area contributed by atoms with Gasteiger partial charge in [0.1, 0.15) is 0 Å². The fraction of sp³-hybridized carbons (Fsp3) is 1.00. The topological polar surface area (TPSA) is 21.7 Å². The predicted molar refractivity (Wildman–Crippen MR) is 59.7 cm³/mol. The van der Waals surface area contributed by atoms with Crippen molar-refractivity contribution < 1.29 is 9.47 Å². The number of hydrogen-bond donors (Lipinski definition) is 0. The van der Waals surface area contributed by atoms with Gasteiger partial charge < -0.3 is 14.4 Å². The maximum absolute atomic E-state index is 5.50. The molecular weight excluding hydrogens is 190 g/mol. The minimum Gasteiger partial charge on any atom is -0.353 e. The zero-order valence-electron chi connectivity index (χ0n) is 9.95. The van der Waals surface area contributed by atoms with Gasteiger partial charge in [-0.15, -0.1) is 0 Å². The number of piperidine rings is 1. The largest absolute Gasteiger partial charge is 0.353 e. The van der Waals surface area contributed by atoms with Crippen molar-refractivity contribution in [3.8, 4) is 0 Å². The first-order valence-electron chi connectivity index (χ1n) is 6.19. The average Bonchev–Trinajstić information content (AvgIpc) is 2.25. The molecule has 0 amide bonds. The van der Waals surface area contributed by atoms with Crippen molar-refractivity contribution in [2.75, 3.05) is 32.8 Å². The van der Waals surface area contributed by atoms with Gasteiger partial charge in [-0.1, -0.05) is 6.92 Å². The quantitative estimate of drug-likeness (QED) is 0.697. The summed E-state index contributed by atoms with van der Waals surface area (Å²) in [6, 6.07) is 0. The summed E-state index contributed by atoms with van der Waals surface area (Å²) in [5.41, 5.74) is 0. The first kappa shape index (κ1) is 11.4. The van der Waals surface area contributed by atoms with Crippen LogP contribution in [0.15, 0.2) is 0 Å². The van der Waals surface area contributed by atoms with Crippen LogP contribution in [-0.2, 0) is 9.47 Å². The highest BCUT2D eigenvalue weighted by atomic mass is 16.7. The van der Waals surface area contributed by atoms with Crippen molar-refractivity contribution in [3.63, 3.8) is 0 Å². The van der Waals surface area contributed by atoms with Gasteiger partial charge in [0.2, 0.25) is 0 Å². The van der Waals surface area contributed by atoms with E-state index < -0.39 is 0 Å². The molecule has 0 aromatic heterocycles. The molecule has 0 aromatic rings. The van der Waals surface area contributed by atoms with Gasteiger partial charge in [-0.2, -0.15) is 0 Å². The van der Waals surface area contributed by atoms with Gasteiger partial charge in [0.25, 0.3) is 0 Å². The van der Waals surface area contributed by atoms with Crippen molar-refractivity contribution in [2.24, 2.45) is 11.8 Å². The molecule has 0 bridgehead atoms. The Balaban J connectivity index is 1.68. The summed E-state index contributed by atoms with van der Waals surface area (Å²) < 4.78 is 11.0.